The Hall–Kier alpha value is -1.73. The molecule has 0 saturated carbocycles. The van der Waals surface area contributed by atoms with Gasteiger partial charge in [-0.3, -0.25) is 10.1 Å². The lowest BCUT2D eigenvalue weighted by Gasteiger charge is -2.17. The zero-order chi connectivity index (χ0) is 16.1. The molecule has 0 radical (unpaired) electrons. The van der Waals surface area contributed by atoms with E-state index in [1.165, 1.54) is 29.5 Å². The minimum Gasteiger partial charge on any atom is -0.374 e. The van der Waals surface area contributed by atoms with Gasteiger partial charge < -0.3 is 5.32 Å². The molecule has 2 aromatic rings. The standard InChI is InChI=1S/C14H16ClFN4OS/c1-3-11(17-8-5-6-10(16)9(15)7-8)13(21)18-14-20-19-12(4-2)22-14/h5-7,11,17H,3-4H2,1-2H3,(H,18,20,21)/t11-/m1/s1. The molecule has 1 aromatic heterocycles. The SMILES string of the molecule is CCc1nnc(NC(=O)[C@@H](CC)Nc2ccc(F)c(Cl)c2)s1. The van der Waals surface area contributed by atoms with Crippen LogP contribution >= 0.6 is 22.9 Å². The number of aromatic nitrogens is 2. The summed E-state index contributed by atoms with van der Waals surface area (Å²) in [5, 5.41) is 15.0. The second kappa shape index (κ2) is 7.51. The van der Waals surface area contributed by atoms with Crippen molar-refractivity contribution in [3.05, 3.63) is 34.0 Å². The Kier molecular flexibility index (Phi) is 5.68. The van der Waals surface area contributed by atoms with Gasteiger partial charge >= 0.3 is 0 Å². The fourth-order valence-electron chi connectivity index (χ4n) is 1.78. The Labute approximate surface area is 136 Å². The second-order valence-corrected chi connectivity index (χ2v) is 6.05. The predicted octanol–water partition coefficient (Wildman–Crippen LogP) is 3.72. The lowest BCUT2D eigenvalue weighted by Crippen LogP contribution is -2.34. The van der Waals surface area contributed by atoms with Crippen molar-refractivity contribution in [3.63, 3.8) is 0 Å². The van der Waals surface area contributed by atoms with Gasteiger partial charge in [0.25, 0.3) is 0 Å². The molecule has 0 aliphatic rings. The fraction of sp³-hybridized carbons (Fsp3) is 0.357. The minimum atomic E-state index is -0.495. The molecular formula is C14H16ClFN4OS. The summed E-state index contributed by atoms with van der Waals surface area (Å²) in [5.74, 6) is -0.715. The summed E-state index contributed by atoms with van der Waals surface area (Å²) in [4.78, 5) is 12.3. The van der Waals surface area contributed by atoms with Gasteiger partial charge in [0.05, 0.1) is 5.02 Å². The Morgan fingerprint density at radius 2 is 2.18 bits per heavy atom. The topological polar surface area (TPSA) is 66.9 Å². The maximum absolute atomic E-state index is 13.1. The van der Waals surface area contributed by atoms with Crippen molar-refractivity contribution in [2.75, 3.05) is 10.6 Å². The van der Waals surface area contributed by atoms with Crippen molar-refractivity contribution in [1.29, 1.82) is 0 Å². The number of aryl methyl sites for hydroxylation is 1. The zero-order valence-electron chi connectivity index (χ0n) is 12.2. The summed E-state index contributed by atoms with van der Waals surface area (Å²) < 4.78 is 13.1. The van der Waals surface area contributed by atoms with E-state index in [2.05, 4.69) is 20.8 Å². The molecule has 1 atom stereocenters. The normalized spacial score (nSPS) is 12.0. The van der Waals surface area contributed by atoms with Crippen LogP contribution in [-0.4, -0.2) is 22.1 Å². The quantitative estimate of drug-likeness (QED) is 0.839. The van der Waals surface area contributed by atoms with E-state index < -0.39 is 11.9 Å². The number of amides is 1. The molecule has 0 saturated heterocycles. The van der Waals surface area contributed by atoms with E-state index in [1.54, 1.807) is 0 Å². The molecule has 0 aliphatic carbocycles. The van der Waals surface area contributed by atoms with Gasteiger partial charge in [-0.15, -0.1) is 10.2 Å². The molecular weight excluding hydrogens is 327 g/mol. The van der Waals surface area contributed by atoms with Crippen molar-refractivity contribution >= 4 is 39.7 Å². The van der Waals surface area contributed by atoms with Crippen molar-refractivity contribution in [2.24, 2.45) is 0 Å². The average molecular weight is 343 g/mol. The van der Waals surface area contributed by atoms with Gasteiger partial charge in [0, 0.05) is 5.69 Å². The summed E-state index contributed by atoms with van der Waals surface area (Å²) in [6.45, 7) is 3.85. The molecule has 1 amide bonds. The van der Waals surface area contributed by atoms with Crippen LogP contribution in [0.1, 0.15) is 25.3 Å². The zero-order valence-corrected chi connectivity index (χ0v) is 13.8. The van der Waals surface area contributed by atoms with Crippen LogP contribution in [0.25, 0.3) is 0 Å². The van der Waals surface area contributed by atoms with Gasteiger partial charge in [0.2, 0.25) is 11.0 Å². The number of anilines is 2. The molecule has 0 aliphatic heterocycles. The maximum atomic E-state index is 13.1. The third-order valence-electron chi connectivity index (χ3n) is 2.98. The number of carbonyl (C=O) groups excluding carboxylic acids is 1. The maximum Gasteiger partial charge on any atom is 0.248 e. The number of halogens is 2. The van der Waals surface area contributed by atoms with E-state index in [-0.39, 0.29) is 10.9 Å². The van der Waals surface area contributed by atoms with Crippen molar-refractivity contribution in [3.8, 4) is 0 Å². The highest BCUT2D eigenvalue weighted by Crippen LogP contribution is 2.21. The molecule has 0 unspecified atom stereocenters. The largest absolute Gasteiger partial charge is 0.374 e. The summed E-state index contributed by atoms with van der Waals surface area (Å²) in [6, 6.07) is 3.77. The van der Waals surface area contributed by atoms with Crippen LogP contribution in [0.2, 0.25) is 5.02 Å². The second-order valence-electron chi connectivity index (χ2n) is 4.58. The van der Waals surface area contributed by atoms with Gasteiger partial charge in [-0.25, -0.2) is 4.39 Å². The molecule has 2 rings (SSSR count). The molecule has 0 bridgehead atoms. The smallest absolute Gasteiger partial charge is 0.248 e. The van der Waals surface area contributed by atoms with Gasteiger partial charge in [-0.05, 0) is 31.0 Å². The Morgan fingerprint density at radius 3 is 2.77 bits per heavy atom. The van der Waals surface area contributed by atoms with Crippen LogP contribution in [0.15, 0.2) is 18.2 Å². The lowest BCUT2D eigenvalue weighted by atomic mass is 10.2. The first-order valence-corrected chi connectivity index (χ1v) is 8.07. The van der Waals surface area contributed by atoms with Crippen LogP contribution in [0.5, 0.6) is 0 Å². The summed E-state index contributed by atoms with van der Waals surface area (Å²) in [5.41, 5.74) is 0.583. The van der Waals surface area contributed by atoms with E-state index in [4.69, 9.17) is 11.6 Å². The number of carbonyl (C=O) groups is 1. The molecule has 5 nitrogen and oxygen atoms in total. The van der Waals surface area contributed by atoms with Gasteiger partial charge in [0.1, 0.15) is 16.9 Å². The van der Waals surface area contributed by atoms with Crippen LogP contribution in [-0.2, 0) is 11.2 Å². The number of rotatable bonds is 6. The van der Waals surface area contributed by atoms with Crippen LogP contribution in [0.4, 0.5) is 15.2 Å². The number of benzene rings is 1. The van der Waals surface area contributed by atoms with Crippen molar-refractivity contribution < 1.29 is 9.18 Å². The van der Waals surface area contributed by atoms with E-state index >= 15 is 0 Å². The molecule has 1 heterocycles. The number of hydrogen-bond acceptors (Lipinski definition) is 5. The van der Waals surface area contributed by atoms with Crippen LogP contribution in [0.3, 0.4) is 0 Å². The van der Waals surface area contributed by atoms with Crippen LogP contribution in [0, 0.1) is 5.82 Å². The number of nitrogens with zero attached hydrogens (tertiary/aromatic N) is 2. The first-order valence-electron chi connectivity index (χ1n) is 6.88. The minimum absolute atomic E-state index is 0.0111. The molecule has 22 heavy (non-hydrogen) atoms. The molecule has 0 fully saturated rings. The van der Waals surface area contributed by atoms with Crippen LogP contribution < -0.4 is 10.6 Å². The van der Waals surface area contributed by atoms with Crippen molar-refractivity contribution in [1.82, 2.24) is 10.2 Å². The average Bonchev–Trinajstić information content (AvgIpc) is 2.95. The monoisotopic (exact) mass is 342 g/mol. The molecule has 118 valence electrons. The molecule has 0 spiro atoms. The third kappa shape index (κ3) is 4.14. The summed E-state index contributed by atoms with van der Waals surface area (Å²) >= 11 is 7.08. The van der Waals surface area contributed by atoms with E-state index in [0.717, 1.165) is 11.4 Å². The van der Waals surface area contributed by atoms with Gasteiger partial charge in [-0.2, -0.15) is 0 Å². The Bertz CT molecular complexity index is 664. The first-order chi connectivity index (χ1) is 10.5. The summed E-state index contributed by atoms with van der Waals surface area (Å²) in [6.07, 6.45) is 1.33. The summed E-state index contributed by atoms with van der Waals surface area (Å²) in [7, 11) is 0. The molecule has 1 aromatic carbocycles. The number of nitrogens with one attached hydrogen (secondary N) is 2. The van der Waals surface area contributed by atoms with E-state index in [9.17, 15) is 9.18 Å². The first kappa shape index (κ1) is 16.6. The highest BCUT2D eigenvalue weighted by Gasteiger charge is 2.18. The third-order valence-corrected chi connectivity index (χ3v) is 4.26. The molecule has 2 N–H and O–H groups in total. The Morgan fingerprint density at radius 1 is 1.41 bits per heavy atom. The fourth-order valence-corrected chi connectivity index (χ4v) is 2.64. The Balaban J connectivity index is 2.03. The number of hydrogen-bond donors (Lipinski definition) is 2. The lowest BCUT2D eigenvalue weighted by molar-refractivity contribution is -0.117. The van der Waals surface area contributed by atoms with Crippen molar-refractivity contribution in [2.45, 2.75) is 32.7 Å². The van der Waals surface area contributed by atoms with E-state index in [0.29, 0.717) is 17.2 Å². The van der Waals surface area contributed by atoms with Gasteiger partial charge in [-0.1, -0.05) is 36.8 Å². The highest BCUT2D eigenvalue weighted by atomic mass is 35.5. The van der Waals surface area contributed by atoms with E-state index in [1.807, 2.05) is 13.8 Å². The van der Waals surface area contributed by atoms with Gasteiger partial charge in [0.15, 0.2) is 0 Å². The molecule has 8 heteroatoms. The predicted molar refractivity (Wildman–Crippen MR) is 87.0 cm³/mol. The highest BCUT2D eigenvalue weighted by molar-refractivity contribution is 7.15.